The maximum Gasteiger partial charge on any atom is 0.573 e. The second-order valence-corrected chi connectivity index (χ2v) is 9.95. The van der Waals surface area contributed by atoms with Crippen molar-refractivity contribution in [2.24, 2.45) is 0 Å². The van der Waals surface area contributed by atoms with Crippen LogP contribution >= 0.6 is 0 Å². The normalized spacial score (nSPS) is 24.5. The number of ether oxygens (including phenoxy) is 7. The Labute approximate surface area is 244 Å². The number of rotatable bonds is 8. The quantitative estimate of drug-likeness (QED) is 0.321. The lowest BCUT2D eigenvalue weighted by molar-refractivity contribution is -0.370. The first-order chi connectivity index (χ1) is 20.2. The zero-order valence-electron chi connectivity index (χ0n) is 23.6. The van der Waals surface area contributed by atoms with Crippen LogP contribution in [0.4, 0.5) is 13.2 Å². The fourth-order valence-electron chi connectivity index (χ4n) is 5.09. The average molecular weight is 611 g/mol. The van der Waals surface area contributed by atoms with Crippen LogP contribution in [-0.4, -0.2) is 61.3 Å². The summed E-state index contributed by atoms with van der Waals surface area (Å²) in [5.74, 6) is -5.24. The Balaban J connectivity index is 1.75. The standard InChI is InChI=1S/C29H29F3O11/c1-15(33)37-14-24-25(39-16(2)34)26(40-17(3)35)27(41-18(4)36)28(43-24)23-12-20(5-8-21(23)13-38-28)11-19-6-9-22(10-7-19)42-29(30,31)32/h5-10,12,24-27H,11,13-14H2,1-4H3/t24-,25-,26+,27-,28+/m1/s1. The summed E-state index contributed by atoms with van der Waals surface area (Å²) in [6.07, 6.45) is -10.0. The number of fused-ring (bicyclic) bond motifs is 2. The monoisotopic (exact) mass is 610 g/mol. The maximum absolute atomic E-state index is 12.5. The van der Waals surface area contributed by atoms with Crippen molar-refractivity contribution >= 4 is 23.9 Å². The van der Waals surface area contributed by atoms with Gasteiger partial charge in [-0.05, 0) is 41.3 Å². The van der Waals surface area contributed by atoms with Gasteiger partial charge in [0.1, 0.15) is 18.5 Å². The molecule has 2 aliphatic rings. The van der Waals surface area contributed by atoms with Crippen molar-refractivity contribution < 1.29 is 65.5 Å². The molecule has 2 aromatic carbocycles. The van der Waals surface area contributed by atoms with E-state index in [2.05, 4.69) is 4.74 Å². The van der Waals surface area contributed by atoms with Gasteiger partial charge in [0.15, 0.2) is 12.2 Å². The molecule has 43 heavy (non-hydrogen) atoms. The van der Waals surface area contributed by atoms with Crippen LogP contribution < -0.4 is 4.74 Å². The van der Waals surface area contributed by atoms with Gasteiger partial charge in [-0.1, -0.05) is 24.3 Å². The third kappa shape index (κ3) is 7.62. The van der Waals surface area contributed by atoms with E-state index in [0.29, 0.717) is 22.3 Å². The van der Waals surface area contributed by atoms with Gasteiger partial charge in [-0.15, -0.1) is 13.2 Å². The van der Waals surface area contributed by atoms with E-state index in [1.807, 2.05) is 0 Å². The molecule has 14 heteroatoms. The molecule has 0 radical (unpaired) electrons. The molecule has 1 saturated heterocycles. The van der Waals surface area contributed by atoms with Crippen molar-refractivity contribution in [2.75, 3.05) is 6.61 Å². The lowest BCUT2D eigenvalue weighted by atomic mass is 9.85. The number of halogens is 3. The van der Waals surface area contributed by atoms with E-state index in [1.54, 1.807) is 18.2 Å². The molecule has 0 aliphatic carbocycles. The summed E-state index contributed by atoms with van der Waals surface area (Å²) in [7, 11) is 0. The highest BCUT2D eigenvalue weighted by Gasteiger charge is 2.64. The van der Waals surface area contributed by atoms with Crippen LogP contribution in [0.25, 0.3) is 0 Å². The second kappa shape index (κ2) is 12.6. The largest absolute Gasteiger partial charge is 0.573 e. The number of hydrogen-bond acceptors (Lipinski definition) is 11. The summed E-state index contributed by atoms with van der Waals surface area (Å²) in [6, 6.07) is 10.6. The Hall–Kier alpha value is -4.17. The van der Waals surface area contributed by atoms with Crippen molar-refractivity contribution in [3.05, 3.63) is 64.7 Å². The molecular formula is C29H29F3O11. The van der Waals surface area contributed by atoms with Crippen LogP contribution in [0.5, 0.6) is 5.75 Å². The second-order valence-electron chi connectivity index (χ2n) is 9.95. The summed E-state index contributed by atoms with van der Waals surface area (Å²) < 4.78 is 75.8. The predicted octanol–water partition coefficient (Wildman–Crippen LogP) is 3.62. The van der Waals surface area contributed by atoms with Gasteiger partial charge in [-0.2, -0.15) is 0 Å². The Morgan fingerprint density at radius 1 is 0.837 bits per heavy atom. The van der Waals surface area contributed by atoms with Crippen LogP contribution in [0, 0.1) is 0 Å². The topological polar surface area (TPSA) is 133 Å². The number of carbonyl (C=O) groups excluding carboxylic acids is 4. The smallest absolute Gasteiger partial charge is 0.463 e. The van der Waals surface area contributed by atoms with Crippen molar-refractivity contribution in [3.63, 3.8) is 0 Å². The first-order valence-corrected chi connectivity index (χ1v) is 13.1. The highest BCUT2D eigenvalue weighted by molar-refractivity contribution is 5.69. The third-order valence-corrected chi connectivity index (χ3v) is 6.59. The van der Waals surface area contributed by atoms with Crippen molar-refractivity contribution in [3.8, 4) is 5.75 Å². The first kappa shape index (κ1) is 31.8. The van der Waals surface area contributed by atoms with E-state index in [0.717, 1.165) is 20.8 Å². The van der Waals surface area contributed by atoms with Crippen molar-refractivity contribution in [1.82, 2.24) is 0 Å². The van der Waals surface area contributed by atoms with Crippen LogP contribution in [0.3, 0.4) is 0 Å². The summed E-state index contributed by atoms with van der Waals surface area (Å²) in [5, 5.41) is 0. The molecule has 1 fully saturated rings. The number of benzene rings is 2. The number of alkyl halides is 3. The molecule has 11 nitrogen and oxygen atoms in total. The van der Waals surface area contributed by atoms with E-state index >= 15 is 0 Å². The maximum atomic E-state index is 12.5. The molecule has 2 aromatic rings. The Bertz CT molecular complexity index is 1370. The van der Waals surface area contributed by atoms with Gasteiger partial charge in [-0.25, -0.2) is 0 Å². The first-order valence-electron chi connectivity index (χ1n) is 13.1. The van der Waals surface area contributed by atoms with Crippen LogP contribution in [0.15, 0.2) is 42.5 Å². The molecule has 2 aliphatic heterocycles. The fraction of sp³-hybridized carbons (Fsp3) is 0.448. The molecule has 2 heterocycles. The van der Waals surface area contributed by atoms with E-state index in [1.165, 1.54) is 31.2 Å². The number of esters is 4. The van der Waals surface area contributed by atoms with E-state index in [4.69, 9.17) is 28.4 Å². The van der Waals surface area contributed by atoms with Gasteiger partial charge in [0, 0.05) is 33.3 Å². The minimum Gasteiger partial charge on any atom is -0.463 e. The molecule has 0 amide bonds. The minimum atomic E-state index is -4.82. The average Bonchev–Trinajstić information content (AvgIpc) is 3.24. The molecule has 0 aromatic heterocycles. The summed E-state index contributed by atoms with van der Waals surface area (Å²) >= 11 is 0. The van der Waals surface area contributed by atoms with E-state index in [-0.39, 0.29) is 18.8 Å². The van der Waals surface area contributed by atoms with Gasteiger partial charge < -0.3 is 33.2 Å². The van der Waals surface area contributed by atoms with Crippen LogP contribution in [0.2, 0.25) is 0 Å². The lowest BCUT2D eigenvalue weighted by Crippen LogP contribution is -2.66. The van der Waals surface area contributed by atoms with Gasteiger partial charge in [0.05, 0.1) is 6.61 Å². The lowest BCUT2D eigenvalue weighted by Gasteiger charge is -2.49. The Morgan fingerprint density at radius 3 is 2.02 bits per heavy atom. The summed E-state index contributed by atoms with van der Waals surface area (Å²) in [6.45, 7) is 4.09. The van der Waals surface area contributed by atoms with E-state index in [9.17, 15) is 32.3 Å². The fourth-order valence-corrected chi connectivity index (χ4v) is 5.09. The summed E-state index contributed by atoms with van der Waals surface area (Å²) in [4.78, 5) is 48.2. The van der Waals surface area contributed by atoms with Crippen molar-refractivity contribution in [1.29, 1.82) is 0 Å². The zero-order valence-corrected chi connectivity index (χ0v) is 23.6. The van der Waals surface area contributed by atoms with Gasteiger partial charge >= 0.3 is 30.2 Å². The van der Waals surface area contributed by atoms with Gasteiger partial charge in [0.25, 0.3) is 0 Å². The minimum absolute atomic E-state index is 0.0117. The molecule has 0 bridgehead atoms. The molecule has 1 spiro atoms. The molecule has 0 unspecified atom stereocenters. The predicted molar refractivity (Wildman–Crippen MR) is 137 cm³/mol. The molecule has 4 rings (SSSR count). The number of carbonyl (C=O) groups is 4. The highest BCUT2D eigenvalue weighted by atomic mass is 19.4. The Morgan fingerprint density at radius 2 is 1.44 bits per heavy atom. The molecule has 5 atom stereocenters. The van der Waals surface area contributed by atoms with Gasteiger partial charge in [-0.3, -0.25) is 19.2 Å². The molecular weight excluding hydrogens is 581 g/mol. The molecule has 232 valence electrons. The van der Waals surface area contributed by atoms with Crippen molar-refractivity contribution in [2.45, 2.75) is 77.3 Å². The SMILES string of the molecule is CC(=O)OC[C@H]1O[C@]2(OCc3ccc(Cc4ccc(OC(F)(F)F)cc4)cc32)[C@H](OC(C)=O)[C@@H](OC(C)=O)[C@@H]1OC(C)=O. The third-order valence-electron chi connectivity index (χ3n) is 6.59. The zero-order chi connectivity index (χ0) is 31.5. The van der Waals surface area contributed by atoms with Crippen LogP contribution in [0.1, 0.15) is 49.9 Å². The summed E-state index contributed by atoms with van der Waals surface area (Å²) in [5.41, 5.74) is 2.37. The Kier molecular flexibility index (Phi) is 9.30. The van der Waals surface area contributed by atoms with Crippen LogP contribution in [-0.2, 0) is 66.4 Å². The van der Waals surface area contributed by atoms with Gasteiger partial charge in [0.2, 0.25) is 11.9 Å². The number of hydrogen-bond donors (Lipinski definition) is 0. The highest BCUT2D eigenvalue weighted by Crippen LogP contribution is 2.49. The molecule has 0 saturated carbocycles. The molecule has 0 N–H and O–H groups in total. The van der Waals surface area contributed by atoms with E-state index < -0.39 is 67.0 Å².